The van der Waals surface area contributed by atoms with Crippen LogP contribution >= 0.6 is 0 Å². The van der Waals surface area contributed by atoms with Gasteiger partial charge < -0.3 is 10.8 Å². The van der Waals surface area contributed by atoms with E-state index in [2.05, 4.69) is 18.9 Å². The van der Waals surface area contributed by atoms with Crippen LogP contribution < -0.4 is 5.73 Å². The van der Waals surface area contributed by atoms with E-state index in [1.54, 1.807) is 0 Å². The molecule has 0 spiro atoms. The van der Waals surface area contributed by atoms with Crippen molar-refractivity contribution in [1.29, 1.82) is 0 Å². The maximum absolute atomic E-state index is 9.69. The SMILES string of the molecule is Cc1nn(CCC(N)(CO)c2ccccc2)c(C)c1C. The fourth-order valence-electron chi connectivity index (χ4n) is 2.39. The van der Waals surface area contributed by atoms with Crippen LogP contribution in [0, 0.1) is 20.8 Å². The van der Waals surface area contributed by atoms with E-state index in [1.165, 1.54) is 5.56 Å². The van der Waals surface area contributed by atoms with E-state index in [0.717, 1.165) is 17.0 Å². The molecule has 1 aromatic carbocycles. The van der Waals surface area contributed by atoms with Gasteiger partial charge in [-0.25, -0.2) is 0 Å². The Morgan fingerprint density at radius 2 is 1.85 bits per heavy atom. The Hall–Kier alpha value is -1.65. The predicted octanol–water partition coefficient (Wildman–Crippen LogP) is 2.04. The van der Waals surface area contributed by atoms with Gasteiger partial charge in [0, 0.05) is 12.2 Å². The first-order valence-electron chi connectivity index (χ1n) is 6.94. The van der Waals surface area contributed by atoms with E-state index in [-0.39, 0.29) is 6.61 Å². The lowest BCUT2D eigenvalue weighted by Crippen LogP contribution is -2.41. The Labute approximate surface area is 120 Å². The fraction of sp³-hybridized carbons (Fsp3) is 0.438. The van der Waals surface area contributed by atoms with Crippen LogP contribution in [0.1, 0.15) is 28.9 Å². The third kappa shape index (κ3) is 2.76. The van der Waals surface area contributed by atoms with E-state index >= 15 is 0 Å². The van der Waals surface area contributed by atoms with Crippen LogP contribution in [0.25, 0.3) is 0 Å². The number of rotatable bonds is 5. The summed E-state index contributed by atoms with van der Waals surface area (Å²) in [5, 5.41) is 14.2. The zero-order chi connectivity index (χ0) is 14.8. The summed E-state index contributed by atoms with van der Waals surface area (Å²) >= 11 is 0. The van der Waals surface area contributed by atoms with E-state index in [4.69, 9.17) is 5.73 Å². The number of aromatic nitrogens is 2. The van der Waals surface area contributed by atoms with Gasteiger partial charge in [0.25, 0.3) is 0 Å². The Balaban J connectivity index is 2.17. The number of nitrogens with two attached hydrogens (primary N) is 1. The van der Waals surface area contributed by atoms with Crippen molar-refractivity contribution in [1.82, 2.24) is 9.78 Å². The number of aliphatic hydroxyl groups is 1. The van der Waals surface area contributed by atoms with E-state index in [0.29, 0.717) is 13.0 Å². The average Bonchev–Trinajstić information content (AvgIpc) is 2.73. The Kier molecular flexibility index (Phi) is 4.26. The average molecular weight is 273 g/mol. The van der Waals surface area contributed by atoms with Crippen molar-refractivity contribution < 1.29 is 5.11 Å². The largest absolute Gasteiger partial charge is 0.394 e. The molecule has 1 heterocycles. The first-order valence-corrected chi connectivity index (χ1v) is 6.94. The standard InChI is InChI=1S/C16H23N3O/c1-12-13(2)18-19(14(12)3)10-9-16(17,11-20)15-7-5-4-6-8-15/h4-8,20H,9-11,17H2,1-3H3. The van der Waals surface area contributed by atoms with Crippen LogP contribution in [0.3, 0.4) is 0 Å². The van der Waals surface area contributed by atoms with Gasteiger partial charge >= 0.3 is 0 Å². The second kappa shape index (κ2) is 5.77. The lowest BCUT2D eigenvalue weighted by atomic mass is 9.88. The predicted molar refractivity (Wildman–Crippen MR) is 80.4 cm³/mol. The van der Waals surface area contributed by atoms with Crippen molar-refractivity contribution in [3.05, 3.63) is 52.8 Å². The highest BCUT2D eigenvalue weighted by molar-refractivity contribution is 5.25. The molecule has 0 aliphatic carbocycles. The minimum Gasteiger partial charge on any atom is -0.394 e. The minimum absolute atomic E-state index is 0.0741. The number of aryl methyl sites for hydroxylation is 2. The summed E-state index contributed by atoms with van der Waals surface area (Å²) in [6.07, 6.45) is 0.648. The van der Waals surface area contributed by atoms with Crippen LogP contribution in [0.15, 0.2) is 30.3 Å². The third-order valence-corrected chi connectivity index (χ3v) is 4.14. The van der Waals surface area contributed by atoms with Crippen molar-refractivity contribution in [2.24, 2.45) is 5.73 Å². The van der Waals surface area contributed by atoms with Gasteiger partial charge in [-0.3, -0.25) is 4.68 Å². The van der Waals surface area contributed by atoms with Crippen LogP contribution in [-0.2, 0) is 12.1 Å². The maximum Gasteiger partial charge on any atom is 0.0661 e. The quantitative estimate of drug-likeness (QED) is 0.876. The molecule has 108 valence electrons. The number of nitrogens with zero attached hydrogens (tertiary/aromatic N) is 2. The highest BCUT2D eigenvalue weighted by atomic mass is 16.3. The first-order chi connectivity index (χ1) is 9.48. The van der Waals surface area contributed by atoms with Gasteiger partial charge in [0.1, 0.15) is 0 Å². The van der Waals surface area contributed by atoms with Crippen molar-refractivity contribution in [2.75, 3.05) is 6.61 Å². The monoisotopic (exact) mass is 273 g/mol. The molecule has 0 aliphatic rings. The first kappa shape index (κ1) is 14.8. The Morgan fingerprint density at radius 1 is 1.20 bits per heavy atom. The van der Waals surface area contributed by atoms with Crippen molar-refractivity contribution in [3.63, 3.8) is 0 Å². The molecule has 0 saturated heterocycles. The number of hydrogen-bond acceptors (Lipinski definition) is 3. The van der Waals surface area contributed by atoms with E-state index in [1.807, 2.05) is 41.9 Å². The van der Waals surface area contributed by atoms with Gasteiger partial charge in [-0.2, -0.15) is 5.10 Å². The molecule has 1 unspecified atom stereocenters. The minimum atomic E-state index is -0.721. The zero-order valence-corrected chi connectivity index (χ0v) is 12.4. The third-order valence-electron chi connectivity index (χ3n) is 4.14. The second-order valence-electron chi connectivity index (χ2n) is 5.45. The summed E-state index contributed by atoms with van der Waals surface area (Å²) in [5.74, 6) is 0. The molecule has 3 N–H and O–H groups in total. The van der Waals surface area contributed by atoms with Crippen molar-refractivity contribution >= 4 is 0 Å². The molecule has 4 heteroatoms. The number of aliphatic hydroxyl groups excluding tert-OH is 1. The summed E-state index contributed by atoms with van der Waals surface area (Å²) < 4.78 is 1.98. The van der Waals surface area contributed by atoms with Crippen molar-refractivity contribution in [2.45, 2.75) is 39.3 Å². The molecular weight excluding hydrogens is 250 g/mol. The number of hydrogen-bond donors (Lipinski definition) is 2. The normalized spacial score (nSPS) is 14.2. The molecule has 0 saturated carbocycles. The summed E-state index contributed by atoms with van der Waals surface area (Å²) in [7, 11) is 0. The molecule has 4 nitrogen and oxygen atoms in total. The summed E-state index contributed by atoms with van der Waals surface area (Å²) in [6.45, 7) is 6.78. The number of benzene rings is 1. The van der Waals surface area contributed by atoms with Gasteiger partial charge in [0.05, 0.1) is 17.8 Å². The van der Waals surface area contributed by atoms with E-state index < -0.39 is 5.54 Å². The van der Waals surface area contributed by atoms with Crippen LogP contribution in [0.4, 0.5) is 0 Å². The van der Waals surface area contributed by atoms with Crippen LogP contribution in [0.5, 0.6) is 0 Å². The molecule has 20 heavy (non-hydrogen) atoms. The van der Waals surface area contributed by atoms with Gasteiger partial charge in [-0.05, 0) is 38.3 Å². The molecule has 0 aliphatic heterocycles. The fourth-order valence-corrected chi connectivity index (χ4v) is 2.39. The maximum atomic E-state index is 9.69. The lowest BCUT2D eigenvalue weighted by molar-refractivity contribution is 0.180. The van der Waals surface area contributed by atoms with Gasteiger partial charge in [0.2, 0.25) is 0 Å². The highest BCUT2D eigenvalue weighted by Crippen LogP contribution is 2.23. The van der Waals surface area contributed by atoms with Crippen LogP contribution in [-0.4, -0.2) is 21.5 Å². The molecular formula is C16H23N3O. The highest BCUT2D eigenvalue weighted by Gasteiger charge is 2.26. The molecule has 0 radical (unpaired) electrons. The van der Waals surface area contributed by atoms with Crippen molar-refractivity contribution in [3.8, 4) is 0 Å². The Bertz CT molecular complexity index is 577. The van der Waals surface area contributed by atoms with Crippen LogP contribution in [0.2, 0.25) is 0 Å². The molecule has 2 aromatic rings. The molecule has 2 rings (SSSR count). The zero-order valence-electron chi connectivity index (χ0n) is 12.4. The summed E-state index contributed by atoms with van der Waals surface area (Å²) in [6, 6.07) is 9.76. The van der Waals surface area contributed by atoms with Gasteiger partial charge in [-0.1, -0.05) is 30.3 Å². The van der Waals surface area contributed by atoms with E-state index in [9.17, 15) is 5.11 Å². The molecule has 1 aromatic heterocycles. The molecule has 0 amide bonds. The van der Waals surface area contributed by atoms with Gasteiger partial charge in [0.15, 0.2) is 0 Å². The molecule has 1 atom stereocenters. The topological polar surface area (TPSA) is 64.1 Å². The molecule has 0 bridgehead atoms. The second-order valence-corrected chi connectivity index (χ2v) is 5.45. The molecule has 0 fully saturated rings. The summed E-state index contributed by atoms with van der Waals surface area (Å²) in [5.41, 5.74) is 10.0. The smallest absolute Gasteiger partial charge is 0.0661 e. The summed E-state index contributed by atoms with van der Waals surface area (Å²) in [4.78, 5) is 0. The van der Waals surface area contributed by atoms with Gasteiger partial charge in [-0.15, -0.1) is 0 Å². The Morgan fingerprint density at radius 3 is 2.35 bits per heavy atom. The lowest BCUT2D eigenvalue weighted by Gasteiger charge is -2.28.